The lowest BCUT2D eigenvalue weighted by atomic mass is 9.96. The number of alkyl halides is 3. The van der Waals surface area contributed by atoms with Gasteiger partial charge in [-0.05, 0) is 48.6 Å². The van der Waals surface area contributed by atoms with Gasteiger partial charge in [0.2, 0.25) is 0 Å². The maximum absolute atomic E-state index is 13.1. The molecule has 20 heavy (non-hydrogen) atoms. The molecule has 1 aliphatic rings. The molecule has 0 heterocycles. The molecule has 0 aromatic heterocycles. The van der Waals surface area contributed by atoms with E-state index in [1.54, 1.807) is 0 Å². The average molecular weight is 327 g/mol. The van der Waals surface area contributed by atoms with Crippen LogP contribution in [0.5, 0.6) is 0 Å². The molecule has 0 amide bonds. The molecule has 0 unspecified atom stereocenters. The molecule has 8 heteroatoms. The minimum absolute atomic E-state index is 0.155. The molecule has 1 fully saturated rings. The Morgan fingerprint density at radius 2 is 1.85 bits per heavy atom. The number of carbonyl (C=O) groups excluding carboxylic acids is 1. The van der Waals surface area contributed by atoms with Gasteiger partial charge in [0.15, 0.2) is 0 Å². The van der Waals surface area contributed by atoms with Gasteiger partial charge in [0, 0.05) is 5.56 Å². The van der Waals surface area contributed by atoms with Gasteiger partial charge in [0.25, 0.3) is 5.24 Å². The Labute approximate surface area is 119 Å². The molecule has 0 saturated heterocycles. The van der Waals surface area contributed by atoms with Crippen molar-refractivity contribution in [3.05, 3.63) is 34.4 Å². The highest BCUT2D eigenvalue weighted by Gasteiger charge is 2.52. The number of halogens is 4. The molecular weight excluding hydrogens is 317 g/mol. The van der Waals surface area contributed by atoms with Gasteiger partial charge < -0.3 is 0 Å². The van der Waals surface area contributed by atoms with Crippen molar-refractivity contribution in [1.29, 1.82) is 0 Å². The fourth-order valence-electron chi connectivity index (χ4n) is 2.21. The zero-order valence-electron chi connectivity index (χ0n) is 10.3. The molecule has 0 spiro atoms. The van der Waals surface area contributed by atoms with E-state index in [2.05, 4.69) is 0 Å². The second kappa shape index (κ2) is 4.73. The molecule has 110 valence electrons. The molecule has 1 saturated carbocycles. The second-order valence-electron chi connectivity index (χ2n) is 4.77. The zero-order valence-corrected chi connectivity index (χ0v) is 11.9. The first-order valence-electron chi connectivity index (χ1n) is 5.66. The molecule has 2 rings (SSSR count). The Balaban J connectivity index is 2.75. The van der Waals surface area contributed by atoms with Gasteiger partial charge in [-0.1, -0.05) is 6.07 Å². The lowest BCUT2D eigenvalue weighted by Crippen LogP contribution is -2.19. The third-order valence-electron chi connectivity index (χ3n) is 3.46. The summed E-state index contributed by atoms with van der Waals surface area (Å²) in [7, 11) is -3.03. The summed E-state index contributed by atoms with van der Waals surface area (Å²) in [5.41, 5.74) is -1.43. The van der Waals surface area contributed by atoms with E-state index in [0.29, 0.717) is 6.07 Å². The highest BCUT2D eigenvalue weighted by Crippen LogP contribution is 2.53. The SMILES string of the molecule is Cc1cc(C2([SH](=O)=O)CC2)c(C(F)(F)F)cc1C(=O)Cl. The summed E-state index contributed by atoms with van der Waals surface area (Å²) in [6.07, 6.45) is -4.43. The number of thiol groups is 1. The molecule has 0 radical (unpaired) electrons. The van der Waals surface area contributed by atoms with Crippen LogP contribution in [0.25, 0.3) is 0 Å². The van der Waals surface area contributed by atoms with Crippen molar-refractivity contribution in [2.45, 2.75) is 30.7 Å². The molecular formula is C12H10ClF3O3S. The van der Waals surface area contributed by atoms with Crippen LogP contribution >= 0.6 is 11.6 Å². The summed E-state index contributed by atoms with van der Waals surface area (Å²) in [4.78, 5) is 11.1. The summed E-state index contributed by atoms with van der Waals surface area (Å²) < 4.78 is 60.4. The van der Waals surface area contributed by atoms with Crippen LogP contribution in [0.1, 0.15) is 39.9 Å². The van der Waals surface area contributed by atoms with E-state index in [0.717, 1.165) is 6.07 Å². The second-order valence-corrected chi connectivity index (χ2v) is 6.49. The topological polar surface area (TPSA) is 51.2 Å². The average Bonchev–Trinajstić information content (AvgIpc) is 3.07. The molecule has 0 bridgehead atoms. The van der Waals surface area contributed by atoms with Crippen molar-refractivity contribution >= 4 is 27.5 Å². The Bertz CT molecular complexity index is 653. The monoisotopic (exact) mass is 326 g/mol. The number of hydrogen-bond donors (Lipinski definition) is 1. The van der Waals surface area contributed by atoms with E-state index in [4.69, 9.17) is 11.6 Å². The first-order valence-corrected chi connectivity index (χ1v) is 7.22. The van der Waals surface area contributed by atoms with Crippen LogP contribution in [0.4, 0.5) is 13.2 Å². The Morgan fingerprint density at radius 1 is 1.30 bits per heavy atom. The molecule has 3 nitrogen and oxygen atoms in total. The Morgan fingerprint density at radius 3 is 2.20 bits per heavy atom. The Kier molecular flexibility index (Phi) is 3.62. The third-order valence-corrected chi connectivity index (χ3v) is 5.05. The van der Waals surface area contributed by atoms with Crippen molar-refractivity contribution in [1.82, 2.24) is 0 Å². The van der Waals surface area contributed by atoms with E-state index in [1.165, 1.54) is 6.92 Å². The fourth-order valence-corrected chi connectivity index (χ4v) is 3.27. The smallest absolute Gasteiger partial charge is 0.276 e. The number of benzene rings is 1. The first kappa shape index (κ1) is 15.3. The minimum atomic E-state index is -4.74. The predicted molar refractivity (Wildman–Crippen MR) is 67.6 cm³/mol. The van der Waals surface area contributed by atoms with Gasteiger partial charge in [-0.25, -0.2) is 8.42 Å². The Hall–Kier alpha value is -1.08. The van der Waals surface area contributed by atoms with Gasteiger partial charge in [0.05, 0.1) is 10.3 Å². The highest BCUT2D eigenvalue weighted by molar-refractivity contribution is 7.74. The van der Waals surface area contributed by atoms with Crippen LogP contribution in [0, 0.1) is 6.92 Å². The largest absolute Gasteiger partial charge is 0.416 e. The maximum Gasteiger partial charge on any atom is 0.416 e. The van der Waals surface area contributed by atoms with Crippen LogP contribution in [0.2, 0.25) is 0 Å². The van der Waals surface area contributed by atoms with Crippen LogP contribution in [-0.4, -0.2) is 13.7 Å². The molecule has 0 N–H and O–H groups in total. The van der Waals surface area contributed by atoms with Crippen LogP contribution < -0.4 is 0 Å². The van der Waals surface area contributed by atoms with Crippen molar-refractivity contribution in [3.8, 4) is 0 Å². The van der Waals surface area contributed by atoms with Gasteiger partial charge in [-0.3, -0.25) is 4.79 Å². The van der Waals surface area contributed by atoms with E-state index in [1.807, 2.05) is 0 Å². The third kappa shape index (κ3) is 2.44. The van der Waals surface area contributed by atoms with E-state index < -0.39 is 32.4 Å². The van der Waals surface area contributed by atoms with Crippen LogP contribution in [0.15, 0.2) is 12.1 Å². The number of rotatable bonds is 3. The molecule has 0 atom stereocenters. The number of aryl methyl sites for hydroxylation is 1. The van der Waals surface area contributed by atoms with Crippen molar-refractivity contribution < 1.29 is 26.4 Å². The van der Waals surface area contributed by atoms with Gasteiger partial charge in [0.1, 0.15) is 10.7 Å². The minimum Gasteiger partial charge on any atom is -0.276 e. The number of carbonyl (C=O) groups is 1. The number of hydrogen-bond acceptors (Lipinski definition) is 3. The summed E-state index contributed by atoms with van der Waals surface area (Å²) in [6, 6.07) is 1.75. The normalized spacial score (nSPS) is 17.3. The van der Waals surface area contributed by atoms with Crippen molar-refractivity contribution in [2.24, 2.45) is 0 Å². The van der Waals surface area contributed by atoms with Gasteiger partial charge >= 0.3 is 6.18 Å². The van der Waals surface area contributed by atoms with Gasteiger partial charge in [-0.15, -0.1) is 0 Å². The standard InChI is InChI=1S/C12H10ClF3O3S/c1-6-4-8(11(2-3-11)20(18)19)9(12(14,15)16)5-7(6)10(13)17/h4-5,20H,2-3H2,1H3. The van der Waals surface area contributed by atoms with E-state index >= 15 is 0 Å². The molecule has 1 aliphatic carbocycles. The van der Waals surface area contributed by atoms with Crippen LogP contribution in [0.3, 0.4) is 0 Å². The maximum atomic E-state index is 13.1. The lowest BCUT2D eigenvalue weighted by Gasteiger charge is -2.19. The molecule has 1 aromatic carbocycles. The summed E-state index contributed by atoms with van der Waals surface area (Å²) in [5, 5.41) is -1.00. The van der Waals surface area contributed by atoms with E-state index in [9.17, 15) is 26.4 Å². The van der Waals surface area contributed by atoms with Crippen molar-refractivity contribution in [2.75, 3.05) is 0 Å². The van der Waals surface area contributed by atoms with Crippen molar-refractivity contribution in [3.63, 3.8) is 0 Å². The summed E-state index contributed by atoms with van der Waals surface area (Å²) in [6.45, 7) is 1.42. The highest BCUT2D eigenvalue weighted by atomic mass is 35.5. The zero-order chi connectivity index (χ0) is 15.3. The summed E-state index contributed by atoms with van der Waals surface area (Å²) >= 11 is 5.25. The lowest BCUT2D eigenvalue weighted by molar-refractivity contribution is -0.138. The molecule has 0 aliphatic heterocycles. The quantitative estimate of drug-likeness (QED) is 0.686. The molecule has 1 aromatic rings. The predicted octanol–water partition coefficient (Wildman–Crippen LogP) is 2.99. The van der Waals surface area contributed by atoms with Gasteiger partial charge in [-0.2, -0.15) is 13.2 Å². The van der Waals surface area contributed by atoms with Crippen LogP contribution in [-0.2, 0) is 21.6 Å². The summed E-state index contributed by atoms with van der Waals surface area (Å²) in [5.74, 6) is 0. The first-order chi connectivity index (χ1) is 9.09. The van der Waals surface area contributed by atoms with E-state index in [-0.39, 0.29) is 29.5 Å². The fraction of sp³-hybridized carbons (Fsp3) is 0.417.